The fourth-order valence-electron chi connectivity index (χ4n) is 5.07. The van der Waals surface area contributed by atoms with Crippen molar-refractivity contribution >= 4 is 28.3 Å². The zero-order valence-electron chi connectivity index (χ0n) is 18.0. The molecule has 8 nitrogen and oxygen atoms in total. The van der Waals surface area contributed by atoms with E-state index < -0.39 is 6.61 Å². The predicted octanol–water partition coefficient (Wildman–Crippen LogP) is 3.94. The first-order chi connectivity index (χ1) is 16.5. The summed E-state index contributed by atoms with van der Waals surface area (Å²) in [5.41, 5.74) is 10.3. The van der Waals surface area contributed by atoms with Crippen LogP contribution in [0.4, 0.5) is 14.6 Å². The summed E-state index contributed by atoms with van der Waals surface area (Å²) < 4.78 is 37.7. The second kappa shape index (κ2) is 7.91. The number of nitrogen functional groups attached to an aromatic ring is 1. The van der Waals surface area contributed by atoms with Crippen molar-refractivity contribution in [3.63, 3.8) is 0 Å². The number of carbonyl (C=O) groups excluding carboxylic acids is 1. The number of ether oxygens (including phenoxy) is 2. The van der Waals surface area contributed by atoms with Crippen LogP contribution in [0, 0.1) is 0 Å². The molecule has 10 heteroatoms. The number of benzene rings is 2. The van der Waals surface area contributed by atoms with Gasteiger partial charge in [-0.25, -0.2) is 9.97 Å². The number of rotatable bonds is 3. The van der Waals surface area contributed by atoms with Gasteiger partial charge < -0.3 is 20.1 Å². The SMILES string of the molecule is Nc1nc2ccc(C(=O)N3CCCC4OCc5cc(OC(F)F)ccc5C43)cc2n2cncc12. The second-order valence-corrected chi connectivity index (χ2v) is 8.52. The Kier molecular flexibility index (Phi) is 4.84. The number of imidazole rings is 1. The second-order valence-electron chi connectivity index (χ2n) is 8.52. The van der Waals surface area contributed by atoms with Gasteiger partial charge in [0.2, 0.25) is 0 Å². The molecule has 0 aliphatic carbocycles. The van der Waals surface area contributed by atoms with Crippen LogP contribution in [0.3, 0.4) is 0 Å². The van der Waals surface area contributed by atoms with E-state index in [0.29, 0.717) is 35.6 Å². The molecule has 0 saturated carbocycles. The summed E-state index contributed by atoms with van der Waals surface area (Å²) in [4.78, 5) is 24.1. The van der Waals surface area contributed by atoms with Crippen LogP contribution >= 0.6 is 0 Å². The summed E-state index contributed by atoms with van der Waals surface area (Å²) in [5.74, 6) is 0.315. The van der Waals surface area contributed by atoms with E-state index in [1.807, 2.05) is 9.30 Å². The molecule has 2 aliphatic heterocycles. The third kappa shape index (κ3) is 3.33. The molecule has 2 atom stereocenters. The number of nitrogens with zero attached hydrogens (tertiary/aromatic N) is 4. The number of halogens is 2. The summed E-state index contributed by atoms with van der Waals surface area (Å²) in [6, 6.07) is 9.86. The van der Waals surface area contributed by atoms with E-state index in [1.54, 1.807) is 42.9 Å². The molecule has 174 valence electrons. The Hall–Kier alpha value is -3.79. The molecule has 4 heterocycles. The lowest BCUT2D eigenvalue weighted by Crippen LogP contribution is -2.48. The van der Waals surface area contributed by atoms with E-state index in [0.717, 1.165) is 29.5 Å². The highest BCUT2D eigenvalue weighted by Gasteiger charge is 2.40. The van der Waals surface area contributed by atoms with Gasteiger partial charge in [-0.3, -0.25) is 9.20 Å². The van der Waals surface area contributed by atoms with Crippen LogP contribution in [-0.2, 0) is 11.3 Å². The van der Waals surface area contributed by atoms with E-state index in [-0.39, 0.29) is 23.8 Å². The molecular weight excluding hydrogens is 444 g/mol. The zero-order chi connectivity index (χ0) is 23.4. The first-order valence-corrected chi connectivity index (χ1v) is 11.0. The van der Waals surface area contributed by atoms with Gasteiger partial charge in [-0.2, -0.15) is 8.78 Å². The Bertz CT molecular complexity index is 1420. The predicted molar refractivity (Wildman–Crippen MR) is 120 cm³/mol. The molecule has 6 rings (SSSR count). The number of amides is 1. The van der Waals surface area contributed by atoms with Gasteiger partial charge in [0, 0.05) is 12.1 Å². The first-order valence-electron chi connectivity index (χ1n) is 11.0. The minimum atomic E-state index is -2.90. The van der Waals surface area contributed by atoms with E-state index in [9.17, 15) is 13.6 Å². The fraction of sp³-hybridized carbons (Fsp3) is 0.292. The highest BCUT2D eigenvalue weighted by atomic mass is 19.3. The molecular formula is C24H21F2N5O3. The number of likely N-dealkylation sites (tertiary alicyclic amines) is 1. The van der Waals surface area contributed by atoms with Gasteiger partial charge in [-0.05, 0) is 54.3 Å². The normalized spacial score (nSPS) is 19.9. The van der Waals surface area contributed by atoms with Crippen molar-refractivity contribution < 1.29 is 23.0 Å². The Morgan fingerprint density at radius 3 is 2.94 bits per heavy atom. The van der Waals surface area contributed by atoms with Crippen molar-refractivity contribution in [2.75, 3.05) is 12.3 Å². The minimum Gasteiger partial charge on any atom is -0.435 e. The molecule has 4 aromatic rings. The van der Waals surface area contributed by atoms with E-state index >= 15 is 0 Å². The van der Waals surface area contributed by atoms with E-state index in [2.05, 4.69) is 14.7 Å². The highest BCUT2D eigenvalue weighted by molar-refractivity contribution is 5.98. The number of anilines is 1. The Morgan fingerprint density at radius 1 is 1.21 bits per heavy atom. The maximum atomic E-state index is 13.7. The average molecular weight is 465 g/mol. The fourth-order valence-corrected chi connectivity index (χ4v) is 5.07. The average Bonchev–Trinajstić information content (AvgIpc) is 3.33. The van der Waals surface area contributed by atoms with Gasteiger partial charge in [0.25, 0.3) is 5.91 Å². The van der Waals surface area contributed by atoms with Crippen LogP contribution in [0.2, 0.25) is 0 Å². The number of carbonyl (C=O) groups is 1. The molecule has 0 bridgehead atoms. The van der Waals surface area contributed by atoms with Crippen molar-refractivity contribution in [2.24, 2.45) is 0 Å². The number of nitrogens with two attached hydrogens (primary N) is 1. The lowest BCUT2D eigenvalue weighted by Gasteiger charge is -2.44. The van der Waals surface area contributed by atoms with Gasteiger partial charge in [0.05, 0.1) is 42.3 Å². The molecule has 2 aliphatic rings. The molecule has 2 N–H and O–H groups in total. The molecule has 1 fully saturated rings. The van der Waals surface area contributed by atoms with Gasteiger partial charge in [-0.1, -0.05) is 6.07 Å². The van der Waals surface area contributed by atoms with Crippen molar-refractivity contribution in [1.82, 2.24) is 19.3 Å². The topological polar surface area (TPSA) is 95.0 Å². The van der Waals surface area contributed by atoms with Crippen LogP contribution in [0.1, 0.15) is 40.4 Å². The zero-order valence-corrected chi connectivity index (χ0v) is 18.0. The third-order valence-corrected chi connectivity index (χ3v) is 6.57. The van der Waals surface area contributed by atoms with E-state index in [4.69, 9.17) is 10.5 Å². The maximum absolute atomic E-state index is 13.7. The van der Waals surface area contributed by atoms with Crippen molar-refractivity contribution in [3.8, 4) is 5.75 Å². The summed E-state index contributed by atoms with van der Waals surface area (Å²) in [6.07, 6.45) is 4.75. The number of hydrogen-bond donors (Lipinski definition) is 1. The van der Waals surface area contributed by atoms with Crippen molar-refractivity contribution in [2.45, 2.75) is 38.2 Å². The quantitative estimate of drug-likeness (QED) is 0.493. The largest absolute Gasteiger partial charge is 0.435 e. The van der Waals surface area contributed by atoms with Gasteiger partial charge in [0.1, 0.15) is 17.1 Å². The van der Waals surface area contributed by atoms with Crippen LogP contribution in [-0.4, -0.2) is 44.4 Å². The molecule has 0 spiro atoms. The first kappa shape index (κ1) is 20.8. The molecule has 2 aromatic heterocycles. The minimum absolute atomic E-state index is 0.0788. The monoisotopic (exact) mass is 465 g/mol. The van der Waals surface area contributed by atoms with E-state index in [1.165, 1.54) is 6.07 Å². The van der Waals surface area contributed by atoms with Gasteiger partial charge in [0.15, 0.2) is 0 Å². The summed E-state index contributed by atoms with van der Waals surface area (Å²) in [7, 11) is 0. The van der Waals surface area contributed by atoms with Crippen LogP contribution in [0.15, 0.2) is 48.9 Å². The summed E-state index contributed by atoms with van der Waals surface area (Å²) in [6.45, 7) is -2.04. The number of fused-ring (bicyclic) bond motifs is 6. The Balaban J connectivity index is 1.39. The molecule has 1 amide bonds. The lowest BCUT2D eigenvalue weighted by molar-refractivity contribution is -0.0590. The molecule has 34 heavy (non-hydrogen) atoms. The summed E-state index contributed by atoms with van der Waals surface area (Å²) >= 11 is 0. The molecule has 2 unspecified atom stereocenters. The van der Waals surface area contributed by atoms with Crippen LogP contribution in [0.5, 0.6) is 5.75 Å². The third-order valence-electron chi connectivity index (χ3n) is 6.57. The highest BCUT2D eigenvalue weighted by Crippen LogP contribution is 2.41. The molecule has 1 saturated heterocycles. The molecule has 2 aromatic carbocycles. The number of aromatic nitrogens is 3. The van der Waals surface area contributed by atoms with Crippen molar-refractivity contribution in [3.05, 3.63) is 65.6 Å². The number of hydrogen-bond acceptors (Lipinski definition) is 6. The number of piperidine rings is 1. The van der Waals surface area contributed by atoms with Crippen LogP contribution in [0.25, 0.3) is 16.6 Å². The standard InChI is InChI=1S/C24H21F2N5O3/c25-24(26)34-15-4-5-16-14(8-15)11-33-20-2-1-7-30(21(16)20)23(32)13-3-6-17-18(9-13)31-12-28-10-19(31)22(27)29-17/h3-6,8-10,12,20-21,24H,1-2,7,11H2,(H2,27,29). The smallest absolute Gasteiger partial charge is 0.387 e. The maximum Gasteiger partial charge on any atom is 0.387 e. The number of alkyl halides is 2. The van der Waals surface area contributed by atoms with Gasteiger partial charge >= 0.3 is 6.61 Å². The molecule has 0 radical (unpaired) electrons. The Labute approximate surface area is 192 Å². The van der Waals surface area contributed by atoms with Crippen LogP contribution < -0.4 is 10.5 Å². The summed E-state index contributed by atoms with van der Waals surface area (Å²) in [5, 5.41) is 0. The van der Waals surface area contributed by atoms with Gasteiger partial charge in [-0.15, -0.1) is 0 Å². The lowest BCUT2D eigenvalue weighted by atomic mass is 9.87. The Morgan fingerprint density at radius 2 is 2.09 bits per heavy atom. The van der Waals surface area contributed by atoms with Crippen molar-refractivity contribution in [1.29, 1.82) is 0 Å².